The van der Waals surface area contributed by atoms with Gasteiger partial charge in [-0.25, -0.2) is 0 Å². The van der Waals surface area contributed by atoms with E-state index in [2.05, 4.69) is 38.1 Å². The molecule has 0 atom stereocenters. The summed E-state index contributed by atoms with van der Waals surface area (Å²) in [6.45, 7) is 5.95. The van der Waals surface area contributed by atoms with Crippen LogP contribution in [0.5, 0.6) is 0 Å². The van der Waals surface area contributed by atoms with Crippen molar-refractivity contribution in [2.45, 2.75) is 113 Å². The van der Waals surface area contributed by atoms with Crippen LogP contribution in [0.2, 0.25) is 8.87 Å². The minimum Gasteiger partial charge on any atom is -0.372 e. The Labute approximate surface area is 210 Å². The summed E-state index contributed by atoms with van der Waals surface area (Å²) >= 11 is 0.0736. The van der Waals surface area contributed by atoms with Gasteiger partial charge in [-0.1, -0.05) is 60.7 Å². The maximum atomic E-state index is 5.61. The summed E-state index contributed by atoms with van der Waals surface area (Å²) in [5.74, 6) is 0. The summed E-state index contributed by atoms with van der Waals surface area (Å²) in [6, 6.07) is 20.4. The first kappa shape index (κ1) is 29.2. The maximum absolute atomic E-state index is 5.61. The average Bonchev–Trinajstić information content (AvgIpc) is 2.84. The Kier molecular flexibility index (Phi) is 21.3. The third-order valence-electron chi connectivity index (χ3n) is 5.64. The zero-order chi connectivity index (χ0) is 23.0. The number of ether oxygens (including phenoxy) is 1. The molecule has 0 heterocycles. The minimum absolute atomic E-state index is 0.0736. The number of rotatable bonds is 18. The van der Waals surface area contributed by atoms with E-state index >= 15 is 0 Å². The first-order valence-electron chi connectivity index (χ1n) is 13.2. The fourth-order valence-corrected chi connectivity index (χ4v) is 7.19. The van der Waals surface area contributed by atoms with Crippen LogP contribution in [0.4, 0.5) is 0 Å². The molecule has 2 aromatic carbocycles. The van der Waals surface area contributed by atoms with Crippen LogP contribution >= 0.6 is 0 Å². The molecule has 0 aliphatic rings. The molecule has 1 nitrogen and oxygen atoms in total. The number of hydrogen-bond donors (Lipinski definition) is 0. The fourth-order valence-electron chi connectivity index (χ4n) is 3.62. The molecule has 0 N–H and O–H groups in total. The molecule has 0 amide bonds. The summed E-state index contributed by atoms with van der Waals surface area (Å²) < 4.78 is 8.92. The maximum Gasteiger partial charge on any atom is 0.0721 e. The molecule has 0 bridgehead atoms. The predicted octanol–water partition coefficient (Wildman–Crippen LogP) is 9.65. The molecule has 0 unspecified atom stereocenters. The van der Waals surface area contributed by atoms with E-state index in [0.717, 1.165) is 0 Å². The second-order valence-corrected chi connectivity index (χ2v) is 13.0. The van der Waals surface area contributed by atoms with Crippen LogP contribution in [0, 0.1) is 0 Å². The normalized spacial score (nSPS) is 10.6. The van der Waals surface area contributed by atoms with E-state index in [-0.39, 0.29) is 21.1 Å². The molecule has 2 aromatic rings. The molecule has 0 fully saturated rings. The van der Waals surface area contributed by atoms with Gasteiger partial charge in [0, 0.05) is 0 Å². The van der Waals surface area contributed by atoms with Crippen molar-refractivity contribution in [1.82, 2.24) is 0 Å². The molecule has 32 heavy (non-hydrogen) atoms. The van der Waals surface area contributed by atoms with Gasteiger partial charge in [0.1, 0.15) is 0 Å². The van der Waals surface area contributed by atoms with Crippen molar-refractivity contribution in [2.24, 2.45) is 0 Å². The average molecular weight is 543 g/mol. The van der Waals surface area contributed by atoms with Crippen LogP contribution in [0.1, 0.15) is 102 Å². The third-order valence-corrected chi connectivity index (χ3v) is 9.67. The van der Waals surface area contributed by atoms with Crippen LogP contribution in [-0.4, -0.2) is 21.1 Å². The van der Waals surface area contributed by atoms with Crippen molar-refractivity contribution in [3.05, 3.63) is 71.8 Å². The van der Waals surface area contributed by atoms with Crippen LogP contribution in [-0.2, 0) is 18.0 Å². The molecular formula is C30H48OSn. The zero-order valence-electron chi connectivity index (χ0n) is 21.0. The molecule has 2 heteroatoms. The molecule has 2 rings (SSSR count). The summed E-state index contributed by atoms with van der Waals surface area (Å²) in [5.41, 5.74) is 2.43. The quantitative estimate of drug-likeness (QED) is 0.134. The Hall–Kier alpha value is -0.801. The van der Waals surface area contributed by atoms with Crippen LogP contribution in [0.15, 0.2) is 60.7 Å². The number of unbranched alkanes of at least 4 members (excludes halogenated alkanes) is 10. The van der Waals surface area contributed by atoms with Gasteiger partial charge in [-0.15, -0.1) is 0 Å². The minimum atomic E-state index is 0.0736. The second-order valence-electron chi connectivity index (χ2n) is 8.75. The van der Waals surface area contributed by atoms with Crippen LogP contribution in [0.25, 0.3) is 0 Å². The van der Waals surface area contributed by atoms with E-state index in [9.17, 15) is 0 Å². The summed E-state index contributed by atoms with van der Waals surface area (Å²) in [6.07, 6.45) is 17.8. The van der Waals surface area contributed by atoms with E-state index in [4.69, 9.17) is 4.74 Å². The van der Waals surface area contributed by atoms with Gasteiger partial charge in [0.2, 0.25) is 0 Å². The number of hydrogen-bond acceptors (Lipinski definition) is 1. The van der Waals surface area contributed by atoms with Gasteiger partial charge in [0.25, 0.3) is 0 Å². The van der Waals surface area contributed by atoms with Gasteiger partial charge < -0.3 is 4.74 Å². The van der Waals surface area contributed by atoms with Crippen molar-refractivity contribution in [3.63, 3.8) is 0 Å². The summed E-state index contributed by atoms with van der Waals surface area (Å²) in [7, 11) is 0. The predicted molar refractivity (Wildman–Crippen MR) is 143 cm³/mol. The van der Waals surface area contributed by atoms with Crippen molar-refractivity contribution in [2.75, 3.05) is 0 Å². The van der Waals surface area contributed by atoms with Crippen molar-refractivity contribution in [1.29, 1.82) is 0 Å². The largest absolute Gasteiger partial charge is 0.372 e. The van der Waals surface area contributed by atoms with Crippen LogP contribution < -0.4 is 0 Å². The molecule has 0 saturated heterocycles. The Morgan fingerprint density at radius 1 is 0.500 bits per heavy atom. The third kappa shape index (κ3) is 18.7. The second kappa shape index (κ2) is 23.4. The van der Waals surface area contributed by atoms with Gasteiger partial charge in [-0.05, 0) is 11.1 Å². The van der Waals surface area contributed by atoms with E-state index in [1.54, 1.807) is 21.7 Å². The molecule has 0 aliphatic carbocycles. The Bertz CT molecular complexity index is 545. The first-order valence-corrected chi connectivity index (χ1v) is 17.3. The van der Waals surface area contributed by atoms with E-state index in [1.807, 2.05) is 36.4 Å². The Morgan fingerprint density at radius 2 is 0.875 bits per heavy atom. The van der Waals surface area contributed by atoms with Crippen molar-refractivity contribution >= 4 is 21.1 Å². The monoisotopic (exact) mass is 544 g/mol. The van der Waals surface area contributed by atoms with Gasteiger partial charge in [0.05, 0.1) is 13.2 Å². The molecule has 0 spiro atoms. The van der Waals surface area contributed by atoms with Gasteiger partial charge in [-0.3, -0.25) is 0 Å². The summed E-state index contributed by atoms with van der Waals surface area (Å²) in [5, 5.41) is 0. The number of benzene rings is 2. The van der Waals surface area contributed by atoms with Gasteiger partial charge in [0.15, 0.2) is 0 Å². The zero-order valence-corrected chi connectivity index (χ0v) is 23.8. The van der Waals surface area contributed by atoms with E-state index < -0.39 is 0 Å². The molecular weight excluding hydrogens is 495 g/mol. The van der Waals surface area contributed by atoms with Crippen molar-refractivity contribution < 1.29 is 4.74 Å². The smallest absolute Gasteiger partial charge is 0.0721 e. The topological polar surface area (TPSA) is 9.23 Å². The Morgan fingerprint density at radius 3 is 1.28 bits per heavy atom. The molecule has 178 valence electrons. The molecule has 2 radical (unpaired) electrons. The van der Waals surface area contributed by atoms with E-state index in [0.29, 0.717) is 13.2 Å². The van der Waals surface area contributed by atoms with Crippen molar-refractivity contribution in [3.8, 4) is 0 Å². The van der Waals surface area contributed by atoms with Crippen LogP contribution in [0.3, 0.4) is 0 Å². The fraction of sp³-hybridized carbons (Fsp3) is 0.600. The standard InChI is InChI=1S/C14H14O.2C8H17.Sn/c1-3-7-13(8-4-1)11-15-12-14-9-5-2-6-10-14;2*1-3-5-7-8-6-4-2;/h1-10H,11-12H2;2*1,3-8H2,2H3;. The van der Waals surface area contributed by atoms with Gasteiger partial charge in [-0.2, -0.15) is 0 Å². The molecule has 0 aromatic heterocycles. The van der Waals surface area contributed by atoms with E-state index in [1.165, 1.54) is 75.3 Å². The molecule has 0 aliphatic heterocycles. The summed E-state index contributed by atoms with van der Waals surface area (Å²) in [4.78, 5) is 0. The SMILES string of the molecule is CCCCCCC[CH2][Sn][CH2]CCCCCCC.c1ccc(COCc2ccccc2)cc1. The van der Waals surface area contributed by atoms with Gasteiger partial charge >= 0.3 is 121 Å². The molecule has 0 saturated carbocycles. The first-order chi connectivity index (χ1) is 15.9. The Balaban J connectivity index is 0.000000321.